The van der Waals surface area contributed by atoms with Crippen LogP contribution in [0.15, 0.2) is 30.5 Å². The van der Waals surface area contributed by atoms with Crippen molar-refractivity contribution < 1.29 is 19.1 Å². The number of fused-ring (bicyclic) bond motifs is 1. The minimum Gasteiger partial charge on any atom is -0.465 e. The molecule has 0 spiro atoms. The molecule has 1 amide bonds. The largest absolute Gasteiger partial charge is 0.465 e. The van der Waals surface area contributed by atoms with E-state index in [1.807, 2.05) is 26.8 Å². The predicted octanol–water partition coefficient (Wildman–Crippen LogP) is 7.44. The smallest absolute Gasteiger partial charge is 0.412 e. The molecule has 8 heteroatoms. The van der Waals surface area contributed by atoms with Gasteiger partial charge < -0.3 is 9.53 Å². The van der Waals surface area contributed by atoms with E-state index in [1.165, 1.54) is 4.90 Å². The standard InChI is InChI=1S/C27H37ClN2O4Si/c1-17(31)27(34-35(8,9)26(5,6)7)13-12-18-14-19(16-29-23(18)27)21-15-20(28)10-11-22(21)30(24(32)33)25(2,3)4/h10-11,14-16H,12-13H2,1-9H3,(H,32,33). The minimum absolute atomic E-state index is 0.0328. The molecular weight excluding hydrogens is 480 g/mol. The molecule has 0 fully saturated rings. The summed E-state index contributed by atoms with van der Waals surface area (Å²) in [6.45, 7) is 17.9. The third-order valence-electron chi connectivity index (χ3n) is 7.27. The molecule has 0 saturated heterocycles. The van der Waals surface area contributed by atoms with Crippen molar-refractivity contribution in [2.45, 2.75) is 90.6 Å². The number of benzene rings is 1. The van der Waals surface area contributed by atoms with Gasteiger partial charge in [-0.3, -0.25) is 14.7 Å². The molecular formula is C27H37ClN2O4Si. The molecule has 1 aromatic carbocycles. The van der Waals surface area contributed by atoms with Crippen molar-refractivity contribution in [2.75, 3.05) is 4.90 Å². The molecule has 6 nitrogen and oxygen atoms in total. The number of ketones is 1. The Balaban J connectivity index is 2.15. The molecule has 0 radical (unpaired) electrons. The number of carbonyl (C=O) groups is 2. The van der Waals surface area contributed by atoms with Crippen LogP contribution >= 0.6 is 11.6 Å². The zero-order valence-electron chi connectivity index (χ0n) is 22.2. The molecule has 2 aromatic rings. The molecule has 1 aliphatic rings. The maximum absolute atomic E-state index is 13.0. The van der Waals surface area contributed by atoms with Gasteiger partial charge in [-0.2, -0.15) is 0 Å². The highest BCUT2D eigenvalue weighted by Gasteiger charge is 2.52. The van der Waals surface area contributed by atoms with Gasteiger partial charge in [0.1, 0.15) is 0 Å². The first kappa shape index (κ1) is 27.4. The number of carboxylic acid groups (broad SMARTS) is 1. The van der Waals surface area contributed by atoms with Gasteiger partial charge >= 0.3 is 6.09 Å². The van der Waals surface area contributed by atoms with Gasteiger partial charge in [0.05, 0.1) is 11.4 Å². The fourth-order valence-corrected chi connectivity index (χ4v) is 6.12. The Morgan fingerprint density at radius 1 is 1.14 bits per heavy atom. The van der Waals surface area contributed by atoms with E-state index in [9.17, 15) is 14.7 Å². The number of carbonyl (C=O) groups excluding carboxylic acids is 1. The average molecular weight is 517 g/mol. The zero-order chi connectivity index (χ0) is 26.6. The Bertz CT molecular complexity index is 1170. The highest BCUT2D eigenvalue weighted by molar-refractivity contribution is 6.74. The van der Waals surface area contributed by atoms with Crippen LogP contribution in [0.4, 0.5) is 10.5 Å². The highest BCUT2D eigenvalue weighted by Crippen LogP contribution is 2.48. The van der Waals surface area contributed by atoms with Crippen molar-refractivity contribution in [3.05, 3.63) is 46.7 Å². The number of nitrogens with zero attached hydrogens (tertiary/aromatic N) is 2. The van der Waals surface area contributed by atoms with E-state index in [4.69, 9.17) is 21.0 Å². The van der Waals surface area contributed by atoms with Gasteiger partial charge in [-0.25, -0.2) is 4.79 Å². The topological polar surface area (TPSA) is 79.7 Å². The Hall–Kier alpha value is -2.22. The summed E-state index contributed by atoms with van der Waals surface area (Å²) >= 11 is 6.34. The van der Waals surface area contributed by atoms with E-state index in [2.05, 4.69) is 33.9 Å². The van der Waals surface area contributed by atoms with Crippen LogP contribution in [0, 0.1) is 0 Å². The van der Waals surface area contributed by atoms with Crippen molar-refractivity contribution in [1.82, 2.24) is 4.98 Å². The van der Waals surface area contributed by atoms with E-state index in [1.54, 1.807) is 31.3 Å². The number of aryl methyl sites for hydroxylation is 1. The number of Topliss-reactive ketones (excluding diaryl/α,β-unsaturated/α-hetero) is 1. The highest BCUT2D eigenvalue weighted by atomic mass is 35.5. The molecule has 1 heterocycles. The number of amides is 1. The minimum atomic E-state index is -2.27. The molecule has 1 N–H and O–H groups in total. The zero-order valence-corrected chi connectivity index (χ0v) is 24.0. The molecule has 190 valence electrons. The van der Waals surface area contributed by atoms with Crippen LogP contribution in [0.5, 0.6) is 0 Å². The van der Waals surface area contributed by atoms with Crippen molar-refractivity contribution in [3.63, 3.8) is 0 Å². The molecule has 1 atom stereocenters. The van der Waals surface area contributed by atoms with Crippen LogP contribution < -0.4 is 4.90 Å². The molecule has 3 rings (SSSR count). The quantitative estimate of drug-likeness (QED) is 0.418. The maximum atomic E-state index is 13.0. The first-order valence-electron chi connectivity index (χ1n) is 11.9. The van der Waals surface area contributed by atoms with Gasteiger partial charge in [0.2, 0.25) is 0 Å². The maximum Gasteiger partial charge on any atom is 0.412 e. The second-order valence-corrected chi connectivity index (χ2v) is 17.1. The monoisotopic (exact) mass is 516 g/mol. The molecule has 1 aliphatic carbocycles. The van der Waals surface area contributed by atoms with Crippen LogP contribution in [0.2, 0.25) is 23.2 Å². The van der Waals surface area contributed by atoms with Gasteiger partial charge in [0, 0.05) is 27.9 Å². The summed E-state index contributed by atoms with van der Waals surface area (Å²) in [7, 11) is -2.27. The second-order valence-electron chi connectivity index (χ2n) is 11.9. The summed E-state index contributed by atoms with van der Waals surface area (Å²) in [5, 5.41) is 10.4. The number of aromatic nitrogens is 1. The number of hydrogen-bond donors (Lipinski definition) is 1. The van der Waals surface area contributed by atoms with Crippen LogP contribution in [0.1, 0.15) is 66.1 Å². The summed E-state index contributed by atoms with van der Waals surface area (Å²) < 4.78 is 6.76. The van der Waals surface area contributed by atoms with Crippen molar-refractivity contribution in [3.8, 4) is 11.1 Å². The lowest BCUT2D eigenvalue weighted by molar-refractivity contribution is -0.134. The number of halogens is 1. The van der Waals surface area contributed by atoms with Crippen LogP contribution in [-0.4, -0.2) is 35.8 Å². The van der Waals surface area contributed by atoms with Crippen molar-refractivity contribution in [1.29, 1.82) is 0 Å². The van der Waals surface area contributed by atoms with Crippen LogP contribution in [-0.2, 0) is 21.2 Å². The SMILES string of the molecule is CC(=O)C1(O[Si](C)(C)C(C)(C)C)CCc2cc(-c3cc(Cl)ccc3N(C(=O)O)C(C)(C)C)cnc21. The predicted molar refractivity (Wildman–Crippen MR) is 144 cm³/mol. The first-order chi connectivity index (χ1) is 15.9. The Labute approximate surface area is 214 Å². The Morgan fingerprint density at radius 2 is 1.77 bits per heavy atom. The molecule has 35 heavy (non-hydrogen) atoms. The van der Waals surface area contributed by atoms with E-state index in [0.29, 0.717) is 34.8 Å². The molecule has 0 bridgehead atoms. The molecule has 1 unspecified atom stereocenters. The van der Waals surface area contributed by atoms with E-state index in [-0.39, 0.29) is 10.8 Å². The molecule has 1 aromatic heterocycles. The van der Waals surface area contributed by atoms with Crippen molar-refractivity contribution >= 4 is 37.5 Å². The summed E-state index contributed by atoms with van der Waals surface area (Å²) in [4.78, 5) is 31.4. The van der Waals surface area contributed by atoms with Gasteiger partial charge in [0.15, 0.2) is 19.7 Å². The van der Waals surface area contributed by atoms with Gasteiger partial charge in [-0.15, -0.1) is 0 Å². The van der Waals surface area contributed by atoms with E-state index in [0.717, 1.165) is 11.1 Å². The fourth-order valence-electron chi connectivity index (χ4n) is 4.43. The molecule has 0 saturated carbocycles. The summed E-state index contributed by atoms with van der Waals surface area (Å²) in [6, 6.07) is 7.18. The van der Waals surface area contributed by atoms with Gasteiger partial charge in [-0.1, -0.05) is 32.4 Å². The summed E-state index contributed by atoms with van der Waals surface area (Å²) in [5.41, 5.74) is 1.86. The summed E-state index contributed by atoms with van der Waals surface area (Å²) in [6.07, 6.45) is 1.86. The number of hydrogen-bond acceptors (Lipinski definition) is 4. The lowest BCUT2D eigenvalue weighted by atomic mass is 9.95. The number of pyridine rings is 1. The third kappa shape index (κ3) is 5.04. The lowest BCUT2D eigenvalue weighted by Crippen LogP contribution is -2.50. The number of rotatable bonds is 5. The normalized spacial score (nSPS) is 18.3. The number of anilines is 1. The first-order valence-corrected chi connectivity index (χ1v) is 15.2. The van der Waals surface area contributed by atoms with Crippen LogP contribution in [0.3, 0.4) is 0 Å². The Kier molecular flexibility index (Phi) is 7.05. The van der Waals surface area contributed by atoms with E-state index >= 15 is 0 Å². The van der Waals surface area contributed by atoms with Crippen LogP contribution in [0.25, 0.3) is 11.1 Å². The Morgan fingerprint density at radius 3 is 2.29 bits per heavy atom. The van der Waals surface area contributed by atoms with Gasteiger partial charge in [0.25, 0.3) is 0 Å². The van der Waals surface area contributed by atoms with E-state index < -0.39 is 25.6 Å². The summed E-state index contributed by atoms with van der Waals surface area (Å²) in [5.74, 6) is -0.0328. The molecule has 0 aliphatic heterocycles. The third-order valence-corrected chi connectivity index (χ3v) is 12.0. The van der Waals surface area contributed by atoms with Crippen molar-refractivity contribution in [2.24, 2.45) is 0 Å². The average Bonchev–Trinajstić information content (AvgIpc) is 3.05. The lowest BCUT2D eigenvalue weighted by Gasteiger charge is -2.43. The van der Waals surface area contributed by atoms with Gasteiger partial charge in [-0.05, 0) is 88.5 Å². The second kappa shape index (κ2) is 9.02. The fraction of sp³-hybridized carbons (Fsp3) is 0.519.